The number of nitrogens with two attached hydrogens (primary N) is 1. The Balaban J connectivity index is 1.81. The Kier molecular flexibility index (Phi) is 3.43. The number of morpholine rings is 1. The molecule has 3 heterocycles. The first kappa shape index (κ1) is 12.1. The molecule has 3 rings (SSSR count). The van der Waals surface area contributed by atoms with Crippen LogP contribution in [0.5, 0.6) is 0 Å². The van der Waals surface area contributed by atoms with Crippen LogP contribution in [0.3, 0.4) is 0 Å². The summed E-state index contributed by atoms with van der Waals surface area (Å²) in [5, 5.41) is 8.58. The van der Waals surface area contributed by atoms with Crippen molar-refractivity contribution < 1.29 is 4.74 Å². The first-order valence-electron chi connectivity index (χ1n) is 6.40. The highest BCUT2D eigenvalue weighted by atomic mass is 16.5. The number of hydrogen-bond acceptors (Lipinski definition) is 5. The van der Waals surface area contributed by atoms with Gasteiger partial charge in [0.25, 0.3) is 0 Å². The van der Waals surface area contributed by atoms with Crippen molar-refractivity contribution in [2.24, 2.45) is 5.73 Å². The van der Waals surface area contributed by atoms with Crippen LogP contribution in [0.25, 0.3) is 11.3 Å². The lowest BCUT2D eigenvalue weighted by molar-refractivity contribution is 0.0957. The molecule has 6 heteroatoms. The Morgan fingerprint density at radius 3 is 3.00 bits per heavy atom. The molecule has 3 N–H and O–H groups in total. The Hall–Kier alpha value is -1.92. The van der Waals surface area contributed by atoms with E-state index in [1.54, 1.807) is 0 Å². The fourth-order valence-corrected chi connectivity index (χ4v) is 2.27. The van der Waals surface area contributed by atoms with Crippen LogP contribution in [0.15, 0.2) is 30.6 Å². The van der Waals surface area contributed by atoms with E-state index in [1.807, 2.05) is 30.6 Å². The second-order valence-corrected chi connectivity index (χ2v) is 4.53. The molecule has 0 aliphatic carbocycles. The minimum atomic E-state index is 0.182. The number of rotatable bonds is 3. The highest BCUT2D eigenvalue weighted by Gasteiger charge is 2.23. The molecule has 0 saturated carbocycles. The third kappa shape index (κ3) is 2.45. The van der Waals surface area contributed by atoms with Crippen molar-refractivity contribution in [1.29, 1.82) is 0 Å². The number of H-pyrrole nitrogens is 1. The monoisotopic (exact) mass is 259 g/mol. The van der Waals surface area contributed by atoms with Crippen LogP contribution in [0.4, 0.5) is 5.82 Å². The normalized spacial score (nSPS) is 19.6. The summed E-state index contributed by atoms with van der Waals surface area (Å²) in [5.74, 6) is 0.859. The summed E-state index contributed by atoms with van der Waals surface area (Å²) in [5.41, 5.74) is 7.67. The molecular formula is C13H17N5O. The fraction of sp³-hybridized carbons (Fsp3) is 0.385. The molecule has 19 heavy (non-hydrogen) atoms. The number of aromatic nitrogens is 3. The van der Waals surface area contributed by atoms with Crippen molar-refractivity contribution in [3.63, 3.8) is 0 Å². The van der Waals surface area contributed by atoms with Gasteiger partial charge >= 0.3 is 0 Å². The van der Waals surface area contributed by atoms with E-state index in [0.717, 1.165) is 23.6 Å². The second kappa shape index (κ2) is 5.38. The predicted octanol–water partition coefficient (Wildman–Crippen LogP) is 0.636. The Bertz CT molecular complexity index is 510. The highest BCUT2D eigenvalue weighted by Crippen LogP contribution is 2.20. The Morgan fingerprint density at radius 1 is 1.37 bits per heavy atom. The van der Waals surface area contributed by atoms with E-state index in [9.17, 15) is 0 Å². The second-order valence-electron chi connectivity index (χ2n) is 4.53. The summed E-state index contributed by atoms with van der Waals surface area (Å²) in [4.78, 5) is 5.18. The van der Waals surface area contributed by atoms with Gasteiger partial charge in [-0.05, 0) is 18.2 Å². The maximum atomic E-state index is 5.76. The smallest absolute Gasteiger partial charge is 0.151 e. The van der Waals surface area contributed by atoms with Gasteiger partial charge in [-0.15, -0.1) is 10.2 Å². The Labute approximate surface area is 111 Å². The fourth-order valence-electron chi connectivity index (χ4n) is 2.27. The van der Waals surface area contributed by atoms with Crippen molar-refractivity contribution in [3.8, 4) is 11.3 Å². The zero-order valence-corrected chi connectivity index (χ0v) is 10.6. The van der Waals surface area contributed by atoms with Crippen LogP contribution in [0, 0.1) is 0 Å². The zero-order chi connectivity index (χ0) is 13.1. The van der Waals surface area contributed by atoms with E-state index in [1.165, 1.54) is 0 Å². The highest BCUT2D eigenvalue weighted by molar-refractivity contribution is 5.58. The van der Waals surface area contributed by atoms with Crippen LogP contribution in [0.2, 0.25) is 0 Å². The summed E-state index contributed by atoms with van der Waals surface area (Å²) in [6, 6.07) is 6.13. The zero-order valence-electron chi connectivity index (χ0n) is 10.6. The van der Waals surface area contributed by atoms with Crippen LogP contribution in [-0.2, 0) is 4.74 Å². The summed E-state index contributed by atoms with van der Waals surface area (Å²) in [6.07, 6.45) is 3.78. The van der Waals surface area contributed by atoms with Gasteiger partial charge in [-0.3, -0.25) is 0 Å². The molecule has 0 bridgehead atoms. The first-order chi connectivity index (χ1) is 9.38. The predicted molar refractivity (Wildman–Crippen MR) is 72.8 cm³/mol. The van der Waals surface area contributed by atoms with E-state index in [2.05, 4.69) is 20.1 Å². The lowest BCUT2D eigenvalue weighted by Gasteiger charge is -2.35. The van der Waals surface area contributed by atoms with Gasteiger partial charge < -0.3 is 20.4 Å². The summed E-state index contributed by atoms with van der Waals surface area (Å²) in [7, 11) is 0. The molecule has 6 nitrogen and oxygen atoms in total. The first-order valence-corrected chi connectivity index (χ1v) is 6.40. The quantitative estimate of drug-likeness (QED) is 0.845. The molecule has 2 aromatic rings. The van der Waals surface area contributed by atoms with Crippen molar-refractivity contribution in [2.75, 3.05) is 31.2 Å². The topological polar surface area (TPSA) is 80.1 Å². The van der Waals surface area contributed by atoms with E-state index >= 15 is 0 Å². The van der Waals surface area contributed by atoms with E-state index < -0.39 is 0 Å². The van der Waals surface area contributed by atoms with Crippen molar-refractivity contribution in [3.05, 3.63) is 30.6 Å². The van der Waals surface area contributed by atoms with E-state index in [4.69, 9.17) is 10.5 Å². The maximum Gasteiger partial charge on any atom is 0.151 e. The van der Waals surface area contributed by atoms with Crippen LogP contribution < -0.4 is 10.6 Å². The van der Waals surface area contributed by atoms with Crippen LogP contribution in [-0.4, -0.2) is 47.5 Å². The molecule has 1 aliphatic heterocycles. The van der Waals surface area contributed by atoms with Gasteiger partial charge in [-0.1, -0.05) is 0 Å². The lowest BCUT2D eigenvalue weighted by atomic mass is 10.2. The van der Waals surface area contributed by atoms with Crippen molar-refractivity contribution in [1.82, 2.24) is 15.2 Å². The molecular weight excluding hydrogens is 242 g/mol. The Morgan fingerprint density at radius 2 is 2.32 bits per heavy atom. The molecule has 0 aromatic carbocycles. The molecule has 1 saturated heterocycles. The average molecular weight is 259 g/mol. The summed E-state index contributed by atoms with van der Waals surface area (Å²) in [6.45, 7) is 2.72. The van der Waals surface area contributed by atoms with Crippen molar-refractivity contribution >= 4 is 5.82 Å². The SMILES string of the molecule is NCC1COCCN1c1ccc(-c2cc[nH]c2)nn1. The molecule has 1 atom stereocenters. The third-order valence-electron chi connectivity index (χ3n) is 3.34. The summed E-state index contributed by atoms with van der Waals surface area (Å²) < 4.78 is 5.43. The molecule has 0 spiro atoms. The van der Waals surface area contributed by atoms with E-state index in [-0.39, 0.29) is 6.04 Å². The largest absolute Gasteiger partial charge is 0.377 e. The number of ether oxygens (including phenoxy) is 1. The number of nitrogens with zero attached hydrogens (tertiary/aromatic N) is 3. The standard InChI is InChI=1S/C13H17N5O/c14-7-11-9-19-6-5-18(11)13-2-1-12(16-17-13)10-3-4-15-8-10/h1-4,8,11,15H,5-7,9,14H2. The van der Waals surface area contributed by atoms with Gasteiger partial charge in [0.1, 0.15) is 0 Å². The van der Waals surface area contributed by atoms with Gasteiger partial charge in [-0.25, -0.2) is 0 Å². The van der Waals surface area contributed by atoms with Crippen LogP contribution >= 0.6 is 0 Å². The van der Waals surface area contributed by atoms with Gasteiger partial charge in [0.15, 0.2) is 5.82 Å². The number of hydrogen-bond donors (Lipinski definition) is 2. The van der Waals surface area contributed by atoms with Gasteiger partial charge in [0, 0.05) is 31.0 Å². The molecule has 1 aliphatic rings. The molecule has 1 fully saturated rings. The lowest BCUT2D eigenvalue weighted by Crippen LogP contribution is -2.49. The molecule has 100 valence electrons. The average Bonchev–Trinajstić information content (AvgIpc) is 3.02. The molecule has 0 radical (unpaired) electrons. The number of anilines is 1. The molecule has 1 unspecified atom stereocenters. The van der Waals surface area contributed by atoms with Gasteiger partial charge in [0.2, 0.25) is 0 Å². The maximum absolute atomic E-state index is 5.76. The van der Waals surface area contributed by atoms with Gasteiger partial charge in [-0.2, -0.15) is 0 Å². The van der Waals surface area contributed by atoms with E-state index in [0.29, 0.717) is 19.8 Å². The minimum Gasteiger partial charge on any atom is -0.377 e. The number of nitrogens with one attached hydrogen (secondary N) is 1. The van der Waals surface area contributed by atoms with Gasteiger partial charge in [0.05, 0.1) is 24.9 Å². The van der Waals surface area contributed by atoms with Crippen molar-refractivity contribution in [2.45, 2.75) is 6.04 Å². The molecule has 2 aromatic heterocycles. The summed E-state index contributed by atoms with van der Waals surface area (Å²) >= 11 is 0. The van der Waals surface area contributed by atoms with Crippen LogP contribution in [0.1, 0.15) is 0 Å². The third-order valence-corrected chi connectivity index (χ3v) is 3.34. The minimum absolute atomic E-state index is 0.182. The number of aromatic amines is 1. The molecule has 0 amide bonds.